The number of aliphatic carboxylic acids is 1. The minimum Gasteiger partial charge on any atom is -0.481 e. The summed E-state index contributed by atoms with van der Waals surface area (Å²) in [5.74, 6) is -1.31. The average molecular weight is 375 g/mol. The fourth-order valence-corrected chi connectivity index (χ4v) is 3.94. The lowest BCUT2D eigenvalue weighted by molar-refractivity contribution is -0.151. The van der Waals surface area contributed by atoms with Gasteiger partial charge in [-0.05, 0) is 53.8 Å². The smallest absolute Gasteiger partial charge is 0.310 e. The van der Waals surface area contributed by atoms with Gasteiger partial charge in [-0.2, -0.15) is 0 Å². The molecule has 1 aliphatic rings. The number of carboxylic acid groups (broad SMARTS) is 1. The van der Waals surface area contributed by atoms with Crippen LogP contribution in [0.5, 0.6) is 0 Å². The molecule has 1 fully saturated rings. The van der Waals surface area contributed by atoms with Gasteiger partial charge in [0.25, 0.3) is 0 Å². The van der Waals surface area contributed by atoms with Crippen molar-refractivity contribution < 1.29 is 19.1 Å². The van der Waals surface area contributed by atoms with E-state index in [0.717, 1.165) is 29.5 Å². The SMILES string of the molecule is O=C(Cc1ccc(Cl)cc1-c1ccc(F)cc1)CC1(C(=O)O)CCCC1. The third kappa shape index (κ3) is 3.96. The van der Waals surface area contributed by atoms with Gasteiger partial charge in [-0.25, -0.2) is 4.39 Å². The number of carbonyl (C=O) groups is 2. The Hall–Kier alpha value is -2.20. The lowest BCUT2D eigenvalue weighted by atomic mass is 9.80. The van der Waals surface area contributed by atoms with Crippen LogP contribution in [0.1, 0.15) is 37.7 Å². The predicted octanol–water partition coefficient (Wildman–Crippen LogP) is 5.29. The lowest BCUT2D eigenvalue weighted by Gasteiger charge is -2.23. The molecule has 2 aromatic carbocycles. The highest BCUT2D eigenvalue weighted by molar-refractivity contribution is 6.30. The zero-order valence-electron chi connectivity index (χ0n) is 14.3. The zero-order chi connectivity index (χ0) is 18.7. The Balaban J connectivity index is 1.84. The zero-order valence-corrected chi connectivity index (χ0v) is 15.1. The number of rotatable bonds is 6. The summed E-state index contributed by atoms with van der Waals surface area (Å²) in [6.07, 6.45) is 2.99. The van der Waals surface area contributed by atoms with E-state index in [9.17, 15) is 19.1 Å². The van der Waals surface area contributed by atoms with E-state index in [2.05, 4.69) is 0 Å². The first kappa shape index (κ1) is 18.6. The van der Waals surface area contributed by atoms with E-state index >= 15 is 0 Å². The predicted molar refractivity (Wildman–Crippen MR) is 98.7 cm³/mol. The highest BCUT2D eigenvalue weighted by Gasteiger charge is 2.42. The molecule has 26 heavy (non-hydrogen) atoms. The first-order chi connectivity index (χ1) is 12.4. The van der Waals surface area contributed by atoms with Crippen LogP contribution in [0.25, 0.3) is 11.1 Å². The summed E-state index contributed by atoms with van der Waals surface area (Å²) in [4.78, 5) is 24.3. The summed E-state index contributed by atoms with van der Waals surface area (Å²) >= 11 is 6.10. The van der Waals surface area contributed by atoms with Gasteiger partial charge < -0.3 is 5.11 Å². The van der Waals surface area contributed by atoms with E-state index in [-0.39, 0.29) is 24.4 Å². The first-order valence-electron chi connectivity index (χ1n) is 8.69. The van der Waals surface area contributed by atoms with Crippen molar-refractivity contribution in [1.29, 1.82) is 0 Å². The van der Waals surface area contributed by atoms with E-state index in [1.54, 1.807) is 30.3 Å². The van der Waals surface area contributed by atoms with Crippen LogP contribution in [0.3, 0.4) is 0 Å². The molecular formula is C21H20ClFO3. The monoisotopic (exact) mass is 374 g/mol. The molecule has 1 N–H and O–H groups in total. The van der Waals surface area contributed by atoms with Gasteiger partial charge >= 0.3 is 5.97 Å². The third-order valence-electron chi connectivity index (χ3n) is 5.16. The molecule has 0 saturated heterocycles. The van der Waals surface area contributed by atoms with Crippen LogP contribution in [-0.4, -0.2) is 16.9 Å². The Morgan fingerprint density at radius 1 is 1.08 bits per heavy atom. The molecule has 3 nitrogen and oxygen atoms in total. The summed E-state index contributed by atoms with van der Waals surface area (Å²) in [7, 11) is 0. The molecule has 0 spiro atoms. The second-order valence-corrected chi connectivity index (χ2v) is 7.43. The molecule has 0 aliphatic heterocycles. The van der Waals surface area contributed by atoms with E-state index in [1.807, 2.05) is 0 Å². The molecule has 136 valence electrons. The molecular weight excluding hydrogens is 355 g/mol. The number of hydrogen-bond acceptors (Lipinski definition) is 2. The fraction of sp³-hybridized carbons (Fsp3) is 0.333. The maximum atomic E-state index is 13.2. The van der Waals surface area contributed by atoms with Crippen LogP contribution < -0.4 is 0 Å². The van der Waals surface area contributed by atoms with Crippen molar-refractivity contribution >= 4 is 23.4 Å². The van der Waals surface area contributed by atoms with E-state index in [4.69, 9.17) is 11.6 Å². The summed E-state index contributed by atoms with van der Waals surface area (Å²) in [6.45, 7) is 0. The van der Waals surface area contributed by atoms with Gasteiger partial charge in [0.15, 0.2) is 0 Å². The fourth-order valence-electron chi connectivity index (χ4n) is 3.77. The van der Waals surface area contributed by atoms with Crippen LogP contribution in [0.2, 0.25) is 5.02 Å². The van der Waals surface area contributed by atoms with Gasteiger partial charge in [0.1, 0.15) is 11.6 Å². The number of hydrogen-bond donors (Lipinski definition) is 1. The maximum absolute atomic E-state index is 13.2. The number of carboxylic acids is 1. The van der Waals surface area contributed by atoms with Gasteiger partial charge in [-0.3, -0.25) is 9.59 Å². The third-order valence-corrected chi connectivity index (χ3v) is 5.40. The van der Waals surface area contributed by atoms with Gasteiger partial charge in [0.05, 0.1) is 5.41 Å². The lowest BCUT2D eigenvalue weighted by Crippen LogP contribution is -2.31. The van der Waals surface area contributed by atoms with Crippen molar-refractivity contribution in [2.45, 2.75) is 38.5 Å². The summed E-state index contributed by atoms with van der Waals surface area (Å²) in [6, 6.07) is 11.2. The van der Waals surface area contributed by atoms with Crippen molar-refractivity contribution in [3.05, 3.63) is 58.9 Å². The Bertz CT molecular complexity index is 824. The van der Waals surface area contributed by atoms with Crippen molar-refractivity contribution in [3.8, 4) is 11.1 Å². The van der Waals surface area contributed by atoms with E-state index in [0.29, 0.717) is 17.9 Å². The Labute approximate surface area is 156 Å². The molecule has 0 radical (unpaired) electrons. The molecule has 0 bridgehead atoms. The minimum absolute atomic E-state index is 0.0494. The summed E-state index contributed by atoms with van der Waals surface area (Å²) < 4.78 is 13.2. The second-order valence-electron chi connectivity index (χ2n) is 6.99. The largest absolute Gasteiger partial charge is 0.481 e. The van der Waals surface area contributed by atoms with Crippen LogP contribution in [0.15, 0.2) is 42.5 Å². The number of ketones is 1. The Morgan fingerprint density at radius 2 is 1.73 bits per heavy atom. The summed E-state index contributed by atoms with van der Waals surface area (Å²) in [5, 5.41) is 10.1. The molecule has 0 aromatic heterocycles. The van der Waals surface area contributed by atoms with Crippen LogP contribution in [0.4, 0.5) is 4.39 Å². The van der Waals surface area contributed by atoms with Crippen molar-refractivity contribution in [1.82, 2.24) is 0 Å². The highest BCUT2D eigenvalue weighted by Crippen LogP contribution is 2.42. The molecule has 2 aromatic rings. The van der Waals surface area contributed by atoms with Crippen molar-refractivity contribution in [2.75, 3.05) is 0 Å². The molecule has 0 atom stereocenters. The normalized spacial score (nSPS) is 15.8. The second kappa shape index (κ2) is 7.58. The van der Waals surface area contributed by atoms with Crippen LogP contribution in [-0.2, 0) is 16.0 Å². The van der Waals surface area contributed by atoms with Crippen molar-refractivity contribution in [2.24, 2.45) is 5.41 Å². The average Bonchev–Trinajstić information content (AvgIpc) is 3.07. The van der Waals surface area contributed by atoms with Gasteiger partial charge in [0, 0.05) is 17.9 Å². The standard InChI is InChI=1S/C21H20ClFO3/c22-16-6-3-15(19(12-16)14-4-7-17(23)8-5-14)11-18(24)13-21(20(25)26)9-1-2-10-21/h3-8,12H,1-2,9-11,13H2,(H,25,26). The molecule has 0 unspecified atom stereocenters. The number of carbonyl (C=O) groups excluding carboxylic acids is 1. The van der Waals surface area contributed by atoms with E-state index in [1.165, 1.54) is 12.1 Å². The maximum Gasteiger partial charge on any atom is 0.310 e. The Morgan fingerprint density at radius 3 is 2.35 bits per heavy atom. The van der Waals surface area contributed by atoms with Gasteiger partial charge in [-0.1, -0.05) is 42.6 Å². The minimum atomic E-state index is -0.917. The Kier molecular flexibility index (Phi) is 5.42. The number of halogens is 2. The number of benzene rings is 2. The number of Topliss-reactive ketones (excluding diaryl/α,β-unsaturated/α-hetero) is 1. The molecule has 3 rings (SSSR count). The van der Waals surface area contributed by atoms with Crippen LogP contribution in [0, 0.1) is 11.2 Å². The van der Waals surface area contributed by atoms with Crippen LogP contribution >= 0.6 is 11.6 Å². The van der Waals surface area contributed by atoms with E-state index < -0.39 is 11.4 Å². The molecule has 0 amide bonds. The molecule has 5 heteroatoms. The quantitative estimate of drug-likeness (QED) is 0.747. The topological polar surface area (TPSA) is 54.4 Å². The van der Waals surface area contributed by atoms with Gasteiger partial charge in [0.2, 0.25) is 0 Å². The van der Waals surface area contributed by atoms with Gasteiger partial charge in [-0.15, -0.1) is 0 Å². The molecule has 0 heterocycles. The molecule has 1 saturated carbocycles. The highest BCUT2D eigenvalue weighted by atomic mass is 35.5. The first-order valence-corrected chi connectivity index (χ1v) is 9.07. The molecule has 1 aliphatic carbocycles. The van der Waals surface area contributed by atoms with Crippen molar-refractivity contribution in [3.63, 3.8) is 0 Å². The summed E-state index contributed by atoms with van der Waals surface area (Å²) in [5.41, 5.74) is 1.39.